The second-order valence-corrected chi connectivity index (χ2v) is 7.01. The summed E-state index contributed by atoms with van der Waals surface area (Å²) in [7, 11) is 0. The minimum atomic E-state index is -0.101. The first-order valence-corrected chi connectivity index (χ1v) is 9.89. The van der Waals surface area contributed by atoms with Crippen LogP contribution in [0.2, 0.25) is 0 Å². The van der Waals surface area contributed by atoms with Gasteiger partial charge in [-0.15, -0.1) is 0 Å². The lowest BCUT2D eigenvalue weighted by molar-refractivity contribution is 0.0951. The van der Waals surface area contributed by atoms with Gasteiger partial charge in [0.15, 0.2) is 0 Å². The maximum Gasteiger partial charge on any atom is 0.255 e. The van der Waals surface area contributed by atoms with Crippen molar-refractivity contribution < 1.29 is 9.53 Å². The molecule has 6 heteroatoms. The molecule has 29 heavy (non-hydrogen) atoms. The van der Waals surface area contributed by atoms with Crippen LogP contribution in [-0.2, 0) is 13.2 Å². The monoisotopic (exact) mass is 388 g/mol. The average molecular weight is 388 g/mol. The summed E-state index contributed by atoms with van der Waals surface area (Å²) in [4.78, 5) is 23.6. The Hall–Kier alpha value is -3.41. The summed E-state index contributed by atoms with van der Waals surface area (Å²) in [6.07, 6.45) is 5.79. The average Bonchev–Trinajstić information content (AvgIpc) is 3.32. The number of hydrogen-bond donors (Lipinski definition) is 1. The molecule has 0 atom stereocenters. The Kier molecular flexibility index (Phi) is 6.00. The molecule has 0 aliphatic carbocycles. The van der Waals surface area contributed by atoms with Gasteiger partial charge in [0, 0.05) is 32.0 Å². The molecule has 0 saturated carbocycles. The number of hydrogen-bond acceptors (Lipinski definition) is 5. The Morgan fingerprint density at radius 2 is 1.76 bits per heavy atom. The van der Waals surface area contributed by atoms with Gasteiger partial charge in [0.1, 0.15) is 18.2 Å². The predicted molar refractivity (Wildman–Crippen MR) is 112 cm³/mol. The van der Waals surface area contributed by atoms with Crippen LogP contribution in [0.3, 0.4) is 0 Å². The summed E-state index contributed by atoms with van der Waals surface area (Å²) in [5.74, 6) is 1.45. The number of ether oxygens (including phenoxy) is 1. The number of aromatic nitrogens is 2. The van der Waals surface area contributed by atoms with Gasteiger partial charge >= 0.3 is 0 Å². The molecule has 4 rings (SSSR count). The molecule has 3 heterocycles. The van der Waals surface area contributed by atoms with Crippen molar-refractivity contribution >= 4 is 11.7 Å². The highest BCUT2D eigenvalue weighted by Crippen LogP contribution is 2.22. The number of nitrogens with zero attached hydrogens (tertiary/aromatic N) is 3. The minimum Gasteiger partial charge on any atom is -0.487 e. The van der Waals surface area contributed by atoms with Crippen molar-refractivity contribution in [2.75, 3.05) is 18.0 Å². The highest BCUT2D eigenvalue weighted by molar-refractivity contribution is 5.98. The van der Waals surface area contributed by atoms with E-state index in [4.69, 9.17) is 4.74 Å². The van der Waals surface area contributed by atoms with Gasteiger partial charge in [0.05, 0.1) is 11.3 Å². The molecule has 0 bridgehead atoms. The maximum absolute atomic E-state index is 12.7. The Balaban J connectivity index is 1.33. The SMILES string of the molecule is O=C(NCc1ccc(OCc2ccccn2)cc1)c1cccnc1N1CCCC1. The maximum atomic E-state index is 12.7. The van der Waals surface area contributed by atoms with Crippen molar-refractivity contribution in [1.82, 2.24) is 15.3 Å². The molecule has 0 spiro atoms. The molecule has 1 aliphatic rings. The van der Waals surface area contributed by atoms with Crippen LogP contribution in [0.15, 0.2) is 67.0 Å². The third-order valence-electron chi connectivity index (χ3n) is 4.93. The van der Waals surface area contributed by atoms with E-state index in [-0.39, 0.29) is 5.91 Å². The van der Waals surface area contributed by atoms with Gasteiger partial charge in [-0.3, -0.25) is 9.78 Å². The van der Waals surface area contributed by atoms with Gasteiger partial charge in [-0.25, -0.2) is 4.98 Å². The van der Waals surface area contributed by atoms with Crippen molar-refractivity contribution in [3.8, 4) is 5.75 Å². The van der Waals surface area contributed by atoms with E-state index in [0.29, 0.717) is 18.7 Å². The van der Waals surface area contributed by atoms with E-state index in [1.165, 1.54) is 0 Å². The van der Waals surface area contributed by atoms with E-state index < -0.39 is 0 Å². The third kappa shape index (κ3) is 4.90. The van der Waals surface area contributed by atoms with Crippen LogP contribution in [0.1, 0.15) is 34.5 Å². The summed E-state index contributed by atoms with van der Waals surface area (Å²) < 4.78 is 5.75. The van der Waals surface area contributed by atoms with E-state index in [2.05, 4.69) is 20.2 Å². The molecular formula is C23H24N4O2. The highest BCUT2D eigenvalue weighted by Gasteiger charge is 2.20. The van der Waals surface area contributed by atoms with E-state index in [9.17, 15) is 4.79 Å². The standard InChI is InChI=1S/C23H24N4O2/c28-23(21-7-5-13-25-22(21)27-14-3-4-15-27)26-16-18-8-10-20(11-9-18)29-17-19-6-1-2-12-24-19/h1-2,5-13H,3-4,14-17H2,(H,26,28). The number of anilines is 1. The first kappa shape index (κ1) is 18.9. The van der Waals surface area contributed by atoms with Gasteiger partial charge in [-0.05, 0) is 54.8 Å². The minimum absolute atomic E-state index is 0.101. The van der Waals surface area contributed by atoms with Crippen molar-refractivity contribution in [1.29, 1.82) is 0 Å². The van der Waals surface area contributed by atoms with Crippen LogP contribution in [0, 0.1) is 0 Å². The summed E-state index contributed by atoms with van der Waals surface area (Å²) in [5, 5.41) is 3.00. The number of carbonyl (C=O) groups is 1. The van der Waals surface area contributed by atoms with E-state index in [0.717, 1.165) is 48.8 Å². The van der Waals surface area contributed by atoms with Crippen molar-refractivity contribution in [3.05, 3.63) is 83.8 Å². The fourth-order valence-corrected chi connectivity index (χ4v) is 3.38. The van der Waals surface area contributed by atoms with E-state index in [1.807, 2.05) is 54.6 Å². The van der Waals surface area contributed by atoms with E-state index in [1.54, 1.807) is 12.4 Å². The van der Waals surface area contributed by atoms with Gasteiger partial charge in [0.2, 0.25) is 0 Å². The lowest BCUT2D eigenvalue weighted by Crippen LogP contribution is -2.27. The summed E-state index contributed by atoms with van der Waals surface area (Å²) in [6.45, 7) is 2.79. The van der Waals surface area contributed by atoms with Crippen molar-refractivity contribution in [2.45, 2.75) is 26.0 Å². The molecule has 2 aromatic heterocycles. The molecule has 1 aliphatic heterocycles. The Bertz CT molecular complexity index is 939. The van der Waals surface area contributed by atoms with Gasteiger partial charge in [-0.1, -0.05) is 18.2 Å². The van der Waals surface area contributed by atoms with Crippen molar-refractivity contribution in [2.24, 2.45) is 0 Å². The number of benzene rings is 1. The smallest absolute Gasteiger partial charge is 0.255 e. The van der Waals surface area contributed by atoms with Crippen LogP contribution in [-0.4, -0.2) is 29.0 Å². The number of pyridine rings is 2. The van der Waals surface area contributed by atoms with Crippen LogP contribution >= 0.6 is 0 Å². The normalized spacial score (nSPS) is 13.3. The van der Waals surface area contributed by atoms with Crippen molar-refractivity contribution in [3.63, 3.8) is 0 Å². The van der Waals surface area contributed by atoms with Crippen LogP contribution in [0.5, 0.6) is 5.75 Å². The predicted octanol–water partition coefficient (Wildman–Crippen LogP) is 3.59. The Morgan fingerprint density at radius 3 is 2.52 bits per heavy atom. The van der Waals surface area contributed by atoms with Crippen LogP contribution in [0.25, 0.3) is 0 Å². The second-order valence-electron chi connectivity index (χ2n) is 7.01. The number of nitrogens with one attached hydrogen (secondary N) is 1. The lowest BCUT2D eigenvalue weighted by Gasteiger charge is -2.19. The quantitative estimate of drug-likeness (QED) is 0.670. The van der Waals surface area contributed by atoms with Gasteiger partial charge in [-0.2, -0.15) is 0 Å². The Morgan fingerprint density at radius 1 is 0.966 bits per heavy atom. The molecule has 148 valence electrons. The molecule has 1 amide bonds. The molecule has 1 fully saturated rings. The molecular weight excluding hydrogens is 364 g/mol. The first-order valence-electron chi connectivity index (χ1n) is 9.89. The summed E-state index contributed by atoms with van der Waals surface area (Å²) >= 11 is 0. The largest absolute Gasteiger partial charge is 0.487 e. The van der Waals surface area contributed by atoms with Gasteiger partial charge in [0.25, 0.3) is 5.91 Å². The molecule has 1 aromatic carbocycles. The third-order valence-corrected chi connectivity index (χ3v) is 4.93. The first-order chi connectivity index (χ1) is 14.3. The zero-order valence-electron chi connectivity index (χ0n) is 16.3. The molecule has 1 N–H and O–H groups in total. The molecule has 0 unspecified atom stereocenters. The summed E-state index contributed by atoms with van der Waals surface area (Å²) in [5.41, 5.74) is 2.52. The fourth-order valence-electron chi connectivity index (χ4n) is 3.38. The molecule has 3 aromatic rings. The van der Waals surface area contributed by atoms with Gasteiger partial charge < -0.3 is 15.0 Å². The highest BCUT2D eigenvalue weighted by atomic mass is 16.5. The Labute approximate surface area is 170 Å². The van der Waals surface area contributed by atoms with E-state index >= 15 is 0 Å². The number of carbonyl (C=O) groups excluding carboxylic acids is 1. The summed E-state index contributed by atoms with van der Waals surface area (Å²) in [6, 6.07) is 17.1. The zero-order chi connectivity index (χ0) is 19.9. The van der Waals surface area contributed by atoms with Crippen LogP contribution in [0.4, 0.5) is 5.82 Å². The molecule has 1 saturated heterocycles. The number of rotatable bonds is 7. The second kappa shape index (κ2) is 9.19. The van der Waals surface area contributed by atoms with Crippen LogP contribution < -0.4 is 15.0 Å². The number of amides is 1. The zero-order valence-corrected chi connectivity index (χ0v) is 16.3. The molecule has 0 radical (unpaired) electrons. The fraction of sp³-hybridized carbons (Fsp3) is 0.261. The lowest BCUT2D eigenvalue weighted by atomic mass is 10.2. The molecule has 6 nitrogen and oxygen atoms in total. The topological polar surface area (TPSA) is 67.3 Å².